The van der Waals surface area contributed by atoms with E-state index in [1.807, 2.05) is 0 Å². The summed E-state index contributed by atoms with van der Waals surface area (Å²) in [4.78, 5) is 33.4. The number of ether oxygens (including phenoxy) is 1. The van der Waals surface area contributed by atoms with Gasteiger partial charge < -0.3 is 9.84 Å². The molecule has 0 unspecified atom stereocenters. The molecular weight excluding hydrogens is 228 g/mol. The van der Waals surface area contributed by atoms with E-state index in [2.05, 4.69) is 0 Å². The molecule has 0 radical (unpaired) electrons. The van der Waals surface area contributed by atoms with E-state index >= 15 is 0 Å². The molecule has 1 rings (SSSR count). The smallest absolute Gasteiger partial charge is 0.332 e. The van der Waals surface area contributed by atoms with Crippen molar-refractivity contribution >= 4 is 5.97 Å². The number of hydrogen-bond donors (Lipinski definition) is 1. The molecule has 1 N–H and O–H groups in total. The van der Waals surface area contributed by atoms with E-state index in [9.17, 15) is 14.4 Å². The van der Waals surface area contributed by atoms with Gasteiger partial charge in [-0.05, 0) is 6.92 Å². The molecule has 0 saturated carbocycles. The van der Waals surface area contributed by atoms with Crippen molar-refractivity contribution in [2.75, 3.05) is 0 Å². The van der Waals surface area contributed by atoms with Crippen molar-refractivity contribution < 1.29 is 14.6 Å². The predicted octanol–water partition coefficient (Wildman–Crippen LogP) is -0.926. The average Bonchev–Trinajstić information content (AvgIpc) is 2.28. The maximum atomic E-state index is 11.5. The zero-order valence-electron chi connectivity index (χ0n) is 9.84. The third kappa shape index (κ3) is 2.82. The summed E-state index contributed by atoms with van der Waals surface area (Å²) >= 11 is 0. The molecule has 94 valence electrons. The Morgan fingerprint density at radius 2 is 2.00 bits per heavy atom. The van der Waals surface area contributed by atoms with Gasteiger partial charge in [-0.2, -0.15) is 0 Å². The van der Waals surface area contributed by atoms with Gasteiger partial charge in [0.25, 0.3) is 5.56 Å². The largest absolute Gasteiger partial charge is 0.479 e. The minimum Gasteiger partial charge on any atom is -0.479 e. The van der Waals surface area contributed by atoms with Crippen LogP contribution in [-0.2, 0) is 30.2 Å². The Kier molecular flexibility index (Phi) is 3.84. The van der Waals surface area contributed by atoms with Crippen LogP contribution in [0.15, 0.2) is 15.7 Å². The number of nitrogens with zero attached hydrogens (tertiary/aromatic N) is 2. The van der Waals surface area contributed by atoms with E-state index in [4.69, 9.17) is 9.84 Å². The van der Waals surface area contributed by atoms with Crippen molar-refractivity contribution in [3.63, 3.8) is 0 Å². The summed E-state index contributed by atoms with van der Waals surface area (Å²) in [5.74, 6) is -1.10. The van der Waals surface area contributed by atoms with E-state index < -0.39 is 23.3 Å². The third-order valence-electron chi connectivity index (χ3n) is 2.45. The van der Waals surface area contributed by atoms with Crippen molar-refractivity contribution in [1.82, 2.24) is 9.13 Å². The quantitative estimate of drug-likeness (QED) is 0.737. The molecule has 1 aromatic heterocycles. The highest BCUT2D eigenvalue weighted by Crippen LogP contribution is 1.99. The molecule has 7 nitrogen and oxygen atoms in total. The summed E-state index contributed by atoms with van der Waals surface area (Å²) in [5.41, 5.74) is -0.583. The Labute approximate surface area is 96.9 Å². The molecule has 17 heavy (non-hydrogen) atoms. The molecule has 0 aromatic carbocycles. The lowest BCUT2D eigenvalue weighted by atomic mass is 10.4. The van der Waals surface area contributed by atoms with Crippen LogP contribution in [0.3, 0.4) is 0 Å². The van der Waals surface area contributed by atoms with Crippen molar-refractivity contribution in [3.8, 4) is 0 Å². The fourth-order valence-corrected chi connectivity index (χ4v) is 1.20. The van der Waals surface area contributed by atoms with Gasteiger partial charge in [0.15, 0.2) is 6.10 Å². The molecule has 0 aliphatic carbocycles. The summed E-state index contributed by atoms with van der Waals surface area (Å²) in [6.45, 7) is 1.27. The van der Waals surface area contributed by atoms with Crippen LogP contribution in [0.4, 0.5) is 0 Å². The summed E-state index contributed by atoms with van der Waals surface area (Å²) in [7, 11) is 2.86. The average molecular weight is 242 g/mol. The van der Waals surface area contributed by atoms with Crippen molar-refractivity contribution in [3.05, 3.63) is 32.6 Å². The number of carbonyl (C=O) groups is 1. The highest BCUT2D eigenvalue weighted by atomic mass is 16.5. The minimum absolute atomic E-state index is 0.102. The van der Waals surface area contributed by atoms with Crippen LogP contribution in [-0.4, -0.2) is 26.3 Å². The molecule has 7 heteroatoms. The van der Waals surface area contributed by atoms with Crippen molar-refractivity contribution in [1.29, 1.82) is 0 Å². The monoisotopic (exact) mass is 242 g/mol. The summed E-state index contributed by atoms with van der Waals surface area (Å²) in [6, 6.07) is 1.25. The Bertz CT molecular complexity index is 543. The number of rotatable bonds is 4. The van der Waals surface area contributed by atoms with Crippen LogP contribution in [0.5, 0.6) is 0 Å². The summed E-state index contributed by atoms with van der Waals surface area (Å²) in [5, 5.41) is 8.62. The van der Waals surface area contributed by atoms with Gasteiger partial charge in [-0.15, -0.1) is 0 Å². The Hall–Kier alpha value is -1.89. The standard InChI is InChI=1S/C10H14N2O5/c1-6(9(14)15)17-5-7-4-8(13)12(3)10(16)11(7)2/h4,6H,5H2,1-3H3,(H,14,15)/t6-/m0/s1. The van der Waals surface area contributed by atoms with Gasteiger partial charge >= 0.3 is 11.7 Å². The van der Waals surface area contributed by atoms with Gasteiger partial charge in [0.1, 0.15) is 0 Å². The number of hydrogen-bond acceptors (Lipinski definition) is 4. The lowest BCUT2D eigenvalue weighted by Crippen LogP contribution is -2.38. The van der Waals surface area contributed by atoms with E-state index in [-0.39, 0.29) is 6.61 Å². The second kappa shape index (κ2) is 4.96. The molecule has 1 aromatic rings. The SMILES string of the molecule is C[C@H](OCc1cc(=O)n(C)c(=O)n1C)C(=O)O. The van der Waals surface area contributed by atoms with Crippen LogP contribution in [0.25, 0.3) is 0 Å². The Morgan fingerprint density at radius 1 is 1.41 bits per heavy atom. The topological polar surface area (TPSA) is 90.5 Å². The van der Waals surface area contributed by atoms with Crippen LogP contribution in [0.1, 0.15) is 12.6 Å². The van der Waals surface area contributed by atoms with E-state index in [1.165, 1.54) is 31.7 Å². The second-order valence-electron chi connectivity index (χ2n) is 3.67. The number of carboxylic acids is 1. The van der Waals surface area contributed by atoms with Gasteiger partial charge in [0.2, 0.25) is 0 Å². The molecule has 0 saturated heterocycles. The van der Waals surface area contributed by atoms with Crippen LogP contribution in [0, 0.1) is 0 Å². The third-order valence-corrected chi connectivity index (χ3v) is 2.45. The van der Waals surface area contributed by atoms with Gasteiger partial charge in [0.05, 0.1) is 12.3 Å². The van der Waals surface area contributed by atoms with E-state index in [0.717, 1.165) is 4.57 Å². The predicted molar refractivity (Wildman–Crippen MR) is 58.8 cm³/mol. The molecule has 0 spiro atoms. The first-order valence-corrected chi connectivity index (χ1v) is 4.95. The number of aromatic nitrogens is 2. The molecule has 0 aliphatic heterocycles. The van der Waals surface area contributed by atoms with Gasteiger partial charge in [-0.1, -0.05) is 0 Å². The van der Waals surface area contributed by atoms with Crippen molar-refractivity contribution in [2.45, 2.75) is 19.6 Å². The fraction of sp³-hybridized carbons (Fsp3) is 0.500. The van der Waals surface area contributed by atoms with Crippen LogP contribution in [0.2, 0.25) is 0 Å². The van der Waals surface area contributed by atoms with E-state index in [0.29, 0.717) is 5.69 Å². The lowest BCUT2D eigenvalue weighted by Gasteiger charge is -2.11. The normalized spacial score (nSPS) is 12.4. The minimum atomic E-state index is -1.10. The van der Waals surface area contributed by atoms with Gasteiger partial charge in [-0.3, -0.25) is 13.9 Å². The van der Waals surface area contributed by atoms with Gasteiger partial charge in [-0.25, -0.2) is 9.59 Å². The Balaban J connectivity index is 2.98. The maximum absolute atomic E-state index is 11.5. The van der Waals surface area contributed by atoms with Gasteiger partial charge in [0, 0.05) is 20.2 Å². The molecule has 1 heterocycles. The van der Waals surface area contributed by atoms with Crippen LogP contribution >= 0.6 is 0 Å². The summed E-state index contributed by atoms with van der Waals surface area (Å²) in [6.07, 6.45) is -0.992. The van der Waals surface area contributed by atoms with Crippen LogP contribution < -0.4 is 11.2 Å². The summed E-state index contributed by atoms with van der Waals surface area (Å²) < 4.78 is 7.22. The lowest BCUT2D eigenvalue weighted by molar-refractivity contribution is -0.150. The van der Waals surface area contributed by atoms with Crippen molar-refractivity contribution in [2.24, 2.45) is 14.1 Å². The molecule has 0 aliphatic rings. The second-order valence-corrected chi connectivity index (χ2v) is 3.67. The maximum Gasteiger partial charge on any atom is 0.332 e. The number of aliphatic carboxylic acids is 1. The first-order valence-electron chi connectivity index (χ1n) is 4.95. The molecular formula is C10H14N2O5. The Morgan fingerprint density at radius 3 is 2.53 bits per heavy atom. The highest BCUT2D eigenvalue weighted by molar-refractivity contribution is 5.71. The molecule has 0 amide bonds. The first-order chi connectivity index (χ1) is 7.84. The molecule has 0 bridgehead atoms. The fourth-order valence-electron chi connectivity index (χ4n) is 1.20. The molecule has 0 fully saturated rings. The zero-order valence-corrected chi connectivity index (χ0v) is 9.84. The molecule has 1 atom stereocenters. The highest BCUT2D eigenvalue weighted by Gasteiger charge is 2.13. The number of carboxylic acid groups (broad SMARTS) is 1. The van der Waals surface area contributed by atoms with E-state index in [1.54, 1.807) is 0 Å². The zero-order chi connectivity index (χ0) is 13.2. The first kappa shape index (κ1) is 13.2.